The van der Waals surface area contributed by atoms with Crippen molar-refractivity contribution in [2.45, 2.75) is 10.6 Å². The highest BCUT2D eigenvalue weighted by Crippen LogP contribution is 2.49. The van der Waals surface area contributed by atoms with E-state index in [1.54, 1.807) is 17.7 Å². The van der Waals surface area contributed by atoms with Crippen molar-refractivity contribution in [2.24, 2.45) is 4.99 Å². The van der Waals surface area contributed by atoms with E-state index < -0.39 is 22.5 Å². The SMILES string of the molecule is Fc1ccc2c(c1F)[SH](Cc1ccc(Cl)cc1)C=N2. The number of benzene rings is 2. The number of hydrogen-bond donors (Lipinski definition) is 1. The van der Waals surface area contributed by atoms with Crippen LogP contribution in [0.4, 0.5) is 14.5 Å². The Hall–Kier alpha value is -1.39. The minimum atomic E-state index is -0.934. The molecule has 0 fully saturated rings. The van der Waals surface area contributed by atoms with Crippen molar-refractivity contribution in [3.05, 3.63) is 58.6 Å². The Kier molecular flexibility index (Phi) is 3.29. The van der Waals surface area contributed by atoms with Gasteiger partial charge in [-0.3, -0.25) is 4.99 Å². The molecule has 98 valence electrons. The quantitative estimate of drug-likeness (QED) is 0.761. The van der Waals surface area contributed by atoms with Crippen molar-refractivity contribution in [1.29, 1.82) is 0 Å². The van der Waals surface area contributed by atoms with Crippen molar-refractivity contribution in [3.8, 4) is 0 Å². The van der Waals surface area contributed by atoms with Crippen molar-refractivity contribution >= 4 is 33.7 Å². The average molecular weight is 298 g/mol. The molecule has 0 bridgehead atoms. The molecule has 3 rings (SSSR count). The van der Waals surface area contributed by atoms with E-state index in [1.165, 1.54) is 6.07 Å². The van der Waals surface area contributed by atoms with Gasteiger partial charge < -0.3 is 0 Å². The molecule has 0 aliphatic carbocycles. The summed E-state index contributed by atoms with van der Waals surface area (Å²) in [6.45, 7) is 0. The molecule has 1 heterocycles. The first-order valence-electron chi connectivity index (χ1n) is 5.68. The minimum Gasteiger partial charge on any atom is -0.250 e. The number of aliphatic imine (C=N–C) groups is 1. The first-order chi connectivity index (χ1) is 9.15. The van der Waals surface area contributed by atoms with Crippen LogP contribution >= 0.6 is 22.5 Å². The third kappa shape index (κ3) is 2.38. The van der Waals surface area contributed by atoms with Crippen LogP contribution in [0.2, 0.25) is 5.02 Å². The van der Waals surface area contributed by atoms with Crippen molar-refractivity contribution in [3.63, 3.8) is 0 Å². The number of thiol groups is 1. The topological polar surface area (TPSA) is 12.4 Å². The number of nitrogens with zero attached hydrogens (tertiary/aromatic N) is 1. The Morgan fingerprint density at radius 3 is 2.53 bits per heavy atom. The lowest BCUT2D eigenvalue weighted by Gasteiger charge is -2.14. The highest BCUT2D eigenvalue weighted by molar-refractivity contribution is 8.28. The monoisotopic (exact) mass is 297 g/mol. The van der Waals surface area contributed by atoms with E-state index >= 15 is 0 Å². The van der Waals surface area contributed by atoms with Crippen LogP contribution in [-0.2, 0) is 5.75 Å². The zero-order chi connectivity index (χ0) is 13.4. The summed E-state index contributed by atoms with van der Waals surface area (Å²) in [6, 6.07) is 10.0. The smallest absolute Gasteiger partial charge is 0.173 e. The molecule has 0 amide bonds. The molecular weight excluding hydrogens is 288 g/mol. The molecule has 19 heavy (non-hydrogen) atoms. The summed E-state index contributed by atoms with van der Waals surface area (Å²) in [5, 5.41) is 0.661. The highest BCUT2D eigenvalue weighted by Gasteiger charge is 2.22. The summed E-state index contributed by atoms with van der Waals surface area (Å²) in [5.74, 6) is -0.938. The second-order valence-corrected chi connectivity index (χ2v) is 6.60. The van der Waals surface area contributed by atoms with Gasteiger partial charge in [0.25, 0.3) is 0 Å². The van der Waals surface area contributed by atoms with Crippen molar-refractivity contribution < 1.29 is 8.78 Å². The highest BCUT2D eigenvalue weighted by atomic mass is 35.5. The molecule has 2 aromatic carbocycles. The molecule has 5 heteroatoms. The van der Waals surface area contributed by atoms with Gasteiger partial charge in [-0.25, -0.2) is 8.78 Å². The zero-order valence-corrected chi connectivity index (χ0v) is 11.4. The van der Waals surface area contributed by atoms with Gasteiger partial charge in [-0.1, -0.05) is 23.7 Å². The number of rotatable bonds is 2. The standard InChI is InChI=1S/C14H10ClF2NS/c15-10-3-1-9(2-4-10)7-19-8-18-12-6-5-11(16)13(17)14(12)19/h1-6,8,19H,7H2. The maximum Gasteiger partial charge on any atom is 0.173 e. The largest absolute Gasteiger partial charge is 0.250 e. The van der Waals surface area contributed by atoms with Gasteiger partial charge >= 0.3 is 0 Å². The number of halogens is 3. The molecule has 0 N–H and O–H groups in total. The Labute approximate surface area is 117 Å². The first-order valence-corrected chi connectivity index (χ1v) is 7.66. The van der Waals surface area contributed by atoms with Crippen LogP contribution in [0.15, 0.2) is 46.3 Å². The van der Waals surface area contributed by atoms with E-state index in [0.717, 1.165) is 11.6 Å². The lowest BCUT2D eigenvalue weighted by Crippen LogP contribution is -1.93. The molecule has 1 atom stereocenters. The van der Waals surface area contributed by atoms with Gasteiger partial charge in [0.1, 0.15) is 0 Å². The van der Waals surface area contributed by atoms with E-state index in [9.17, 15) is 8.78 Å². The van der Waals surface area contributed by atoms with Gasteiger partial charge in [0.2, 0.25) is 0 Å². The third-order valence-corrected chi connectivity index (χ3v) is 5.29. The third-order valence-electron chi connectivity index (χ3n) is 2.94. The summed E-state index contributed by atoms with van der Waals surface area (Å²) in [6.07, 6.45) is 0. The zero-order valence-electron chi connectivity index (χ0n) is 9.78. The number of hydrogen-bond acceptors (Lipinski definition) is 1. The van der Waals surface area contributed by atoms with E-state index in [2.05, 4.69) is 4.99 Å². The van der Waals surface area contributed by atoms with Crippen LogP contribution < -0.4 is 0 Å². The van der Waals surface area contributed by atoms with Crippen LogP contribution in [0.25, 0.3) is 0 Å². The molecular formula is C14H10ClF2NS. The molecule has 0 spiro atoms. The van der Waals surface area contributed by atoms with Gasteiger partial charge in [0.15, 0.2) is 11.6 Å². The summed E-state index contributed by atoms with van der Waals surface area (Å²) < 4.78 is 27.2. The van der Waals surface area contributed by atoms with Crippen LogP contribution in [0.1, 0.15) is 5.56 Å². The van der Waals surface area contributed by atoms with Gasteiger partial charge in [0.05, 0.1) is 10.6 Å². The van der Waals surface area contributed by atoms with Crippen molar-refractivity contribution in [1.82, 2.24) is 0 Å². The fourth-order valence-corrected chi connectivity index (χ4v) is 4.14. The molecule has 1 nitrogen and oxygen atoms in total. The number of fused-ring (bicyclic) bond motifs is 1. The maximum atomic E-state index is 13.9. The van der Waals surface area contributed by atoms with E-state index in [4.69, 9.17) is 11.6 Å². The minimum absolute atomic E-state index is 0.407. The van der Waals surface area contributed by atoms with Gasteiger partial charge in [-0.15, -0.1) is 0 Å². The molecule has 2 aromatic rings. The normalized spacial score (nSPS) is 18.6. The molecule has 1 aliphatic rings. The van der Waals surface area contributed by atoms with Gasteiger partial charge in [0, 0.05) is 16.3 Å². The fraction of sp³-hybridized carbons (Fsp3) is 0.0714. The first kappa shape index (κ1) is 12.6. The fourth-order valence-electron chi connectivity index (χ4n) is 2.00. The molecule has 1 aliphatic heterocycles. The lowest BCUT2D eigenvalue weighted by atomic mass is 10.2. The lowest BCUT2D eigenvalue weighted by molar-refractivity contribution is 0.492. The van der Waals surface area contributed by atoms with Crippen LogP contribution in [-0.4, -0.2) is 5.55 Å². The summed E-state index contributed by atoms with van der Waals surface area (Å²) >= 11 is 5.82. The predicted octanol–water partition coefficient (Wildman–Crippen LogP) is 4.85. The second kappa shape index (κ2) is 4.94. The van der Waals surface area contributed by atoms with E-state index in [-0.39, 0.29) is 0 Å². The summed E-state index contributed by atoms with van der Waals surface area (Å²) in [5.41, 5.74) is 3.31. The van der Waals surface area contributed by atoms with Crippen LogP contribution in [0.3, 0.4) is 0 Å². The van der Waals surface area contributed by atoms with Gasteiger partial charge in [-0.2, -0.15) is 10.9 Å². The molecule has 1 unspecified atom stereocenters. The van der Waals surface area contributed by atoms with Crippen LogP contribution in [0.5, 0.6) is 0 Å². The molecule has 0 saturated carbocycles. The van der Waals surface area contributed by atoms with E-state index in [1.807, 2.05) is 12.1 Å². The summed E-state index contributed by atoms with van der Waals surface area (Å²) in [4.78, 5) is 4.57. The summed E-state index contributed by atoms with van der Waals surface area (Å²) in [7, 11) is -0.934. The Bertz CT molecular complexity index is 655. The second-order valence-electron chi connectivity index (χ2n) is 4.23. The molecule has 0 saturated heterocycles. The van der Waals surface area contributed by atoms with E-state index in [0.29, 0.717) is 21.4 Å². The average Bonchev–Trinajstić information content (AvgIpc) is 2.80. The van der Waals surface area contributed by atoms with Crippen molar-refractivity contribution in [2.75, 3.05) is 0 Å². The Morgan fingerprint density at radius 1 is 1.05 bits per heavy atom. The Morgan fingerprint density at radius 2 is 1.79 bits per heavy atom. The van der Waals surface area contributed by atoms with Gasteiger partial charge in [-0.05, 0) is 29.8 Å². The molecule has 0 radical (unpaired) electrons. The van der Waals surface area contributed by atoms with Crippen LogP contribution in [0, 0.1) is 11.6 Å². The molecule has 0 aromatic heterocycles. The predicted molar refractivity (Wildman–Crippen MR) is 76.9 cm³/mol. The maximum absolute atomic E-state index is 13.9. The Balaban J connectivity index is 1.92.